The molecule has 0 aromatic rings. The molecule has 0 aromatic heterocycles. The van der Waals surface area contributed by atoms with Crippen molar-refractivity contribution < 1.29 is 9.59 Å². The van der Waals surface area contributed by atoms with Gasteiger partial charge in [0.05, 0.1) is 6.54 Å². The Hall–Kier alpha value is -1.10. The molecule has 0 aliphatic heterocycles. The fraction of sp³-hybridized carbons (Fsp3) is 0.875. The van der Waals surface area contributed by atoms with E-state index in [4.69, 9.17) is 5.73 Å². The van der Waals surface area contributed by atoms with Crippen LogP contribution in [0.15, 0.2) is 0 Å². The summed E-state index contributed by atoms with van der Waals surface area (Å²) >= 11 is 0. The molecular formula is C16H33N3O2. The van der Waals surface area contributed by atoms with Crippen molar-refractivity contribution in [3.8, 4) is 0 Å². The van der Waals surface area contributed by atoms with E-state index < -0.39 is 0 Å². The van der Waals surface area contributed by atoms with Crippen molar-refractivity contribution >= 4 is 11.8 Å². The van der Waals surface area contributed by atoms with Crippen LogP contribution < -0.4 is 5.73 Å². The molecule has 0 heterocycles. The molecule has 124 valence electrons. The van der Waals surface area contributed by atoms with E-state index in [1.54, 1.807) is 19.0 Å². The van der Waals surface area contributed by atoms with Crippen molar-refractivity contribution in [1.82, 2.24) is 9.80 Å². The fourth-order valence-corrected chi connectivity index (χ4v) is 2.43. The lowest BCUT2D eigenvalue weighted by atomic mass is 9.94. The molecule has 0 spiro atoms. The van der Waals surface area contributed by atoms with Gasteiger partial charge in [0.15, 0.2) is 0 Å². The van der Waals surface area contributed by atoms with Gasteiger partial charge in [-0.05, 0) is 31.7 Å². The number of carbonyl (C=O) groups excluding carboxylic acids is 2. The lowest BCUT2D eigenvalue weighted by molar-refractivity contribution is -0.139. The lowest BCUT2D eigenvalue weighted by Crippen LogP contribution is -2.40. The van der Waals surface area contributed by atoms with Crippen molar-refractivity contribution in [3.63, 3.8) is 0 Å². The number of rotatable bonds is 11. The summed E-state index contributed by atoms with van der Waals surface area (Å²) in [5.74, 6) is 0.589. The van der Waals surface area contributed by atoms with Crippen molar-refractivity contribution in [1.29, 1.82) is 0 Å². The van der Waals surface area contributed by atoms with E-state index in [1.807, 2.05) is 6.92 Å². The molecule has 0 bridgehead atoms. The SMILES string of the molecule is CCCC(CCN)CCC(=O)N(CCC)CC(=O)N(C)C. The van der Waals surface area contributed by atoms with Crippen LogP contribution in [0, 0.1) is 5.92 Å². The van der Waals surface area contributed by atoms with E-state index in [9.17, 15) is 9.59 Å². The van der Waals surface area contributed by atoms with Crippen LogP contribution in [0.1, 0.15) is 52.4 Å². The largest absolute Gasteiger partial charge is 0.347 e. The van der Waals surface area contributed by atoms with Crippen molar-refractivity contribution in [2.75, 3.05) is 33.7 Å². The van der Waals surface area contributed by atoms with Gasteiger partial charge in [-0.25, -0.2) is 0 Å². The molecule has 2 amide bonds. The monoisotopic (exact) mass is 299 g/mol. The first-order valence-corrected chi connectivity index (χ1v) is 8.14. The Balaban J connectivity index is 4.42. The van der Waals surface area contributed by atoms with Crippen molar-refractivity contribution in [3.05, 3.63) is 0 Å². The van der Waals surface area contributed by atoms with Gasteiger partial charge in [0.25, 0.3) is 0 Å². The second kappa shape index (κ2) is 11.5. The second-order valence-electron chi connectivity index (χ2n) is 5.87. The third-order valence-corrected chi connectivity index (χ3v) is 3.71. The Kier molecular flexibility index (Phi) is 10.9. The van der Waals surface area contributed by atoms with E-state index in [1.165, 1.54) is 4.90 Å². The molecule has 0 aliphatic carbocycles. The first-order valence-electron chi connectivity index (χ1n) is 8.14. The third kappa shape index (κ3) is 8.71. The summed E-state index contributed by atoms with van der Waals surface area (Å²) in [6.07, 6.45) is 5.48. The number of carbonyl (C=O) groups is 2. The zero-order valence-corrected chi connectivity index (χ0v) is 14.2. The van der Waals surface area contributed by atoms with Gasteiger partial charge in [-0.2, -0.15) is 0 Å². The van der Waals surface area contributed by atoms with E-state index >= 15 is 0 Å². The Labute approximate surface area is 129 Å². The predicted octanol–water partition coefficient (Wildman–Crippen LogP) is 1.86. The maximum Gasteiger partial charge on any atom is 0.241 e. The molecule has 5 heteroatoms. The molecule has 1 unspecified atom stereocenters. The Bertz CT molecular complexity index is 300. The highest BCUT2D eigenvalue weighted by molar-refractivity contribution is 5.84. The summed E-state index contributed by atoms with van der Waals surface area (Å²) in [5, 5.41) is 0. The maximum absolute atomic E-state index is 12.3. The zero-order chi connectivity index (χ0) is 16.3. The highest BCUT2D eigenvalue weighted by Gasteiger charge is 2.18. The number of amides is 2. The molecule has 1 atom stereocenters. The van der Waals surface area contributed by atoms with Crippen LogP contribution >= 0.6 is 0 Å². The molecule has 0 aliphatic rings. The van der Waals surface area contributed by atoms with Gasteiger partial charge in [-0.3, -0.25) is 9.59 Å². The first kappa shape index (κ1) is 19.9. The molecule has 2 N–H and O–H groups in total. The van der Waals surface area contributed by atoms with Gasteiger partial charge in [-0.15, -0.1) is 0 Å². The molecule has 0 rings (SSSR count). The normalized spacial score (nSPS) is 12.0. The summed E-state index contributed by atoms with van der Waals surface area (Å²) in [5.41, 5.74) is 5.63. The molecule has 0 saturated heterocycles. The highest BCUT2D eigenvalue weighted by atomic mass is 16.2. The lowest BCUT2D eigenvalue weighted by Gasteiger charge is -2.24. The van der Waals surface area contributed by atoms with E-state index in [2.05, 4.69) is 6.92 Å². The van der Waals surface area contributed by atoms with Crippen LogP contribution in [-0.4, -0.2) is 55.3 Å². The number of nitrogens with zero attached hydrogens (tertiary/aromatic N) is 2. The molecule has 0 aromatic carbocycles. The maximum atomic E-state index is 12.3. The Morgan fingerprint density at radius 2 is 1.67 bits per heavy atom. The summed E-state index contributed by atoms with van der Waals surface area (Å²) < 4.78 is 0. The van der Waals surface area contributed by atoms with Gasteiger partial charge in [0.1, 0.15) is 0 Å². The number of hydrogen-bond donors (Lipinski definition) is 1. The topological polar surface area (TPSA) is 66.6 Å². The van der Waals surface area contributed by atoms with Crippen LogP contribution in [0.4, 0.5) is 0 Å². The molecule has 0 radical (unpaired) electrons. The first-order chi connectivity index (χ1) is 9.96. The Morgan fingerprint density at radius 1 is 1.00 bits per heavy atom. The summed E-state index contributed by atoms with van der Waals surface area (Å²) in [6, 6.07) is 0. The van der Waals surface area contributed by atoms with Gasteiger partial charge in [0, 0.05) is 27.1 Å². The van der Waals surface area contributed by atoms with Gasteiger partial charge < -0.3 is 15.5 Å². The van der Waals surface area contributed by atoms with E-state index in [0.29, 0.717) is 25.4 Å². The molecule has 21 heavy (non-hydrogen) atoms. The van der Waals surface area contributed by atoms with Crippen LogP contribution in [0.25, 0.3) is 0 Å². The average molecular weight is 299 g/mol. The smallest absolute Gasteiger partial charge is 0.241 e. The minimum Gasteiger partial charge on any atom is -0.347 e. The summed E-state index contributed by atoms with van der Waals surface area (Å²) in [6.45, 7) is 5.69. The molecular weight excluding hydrogens is 266 g/mol. The quantitative estimate of drug-likeness (QED) is 0.633. The minimum absolute atomic E-state index is 0.0242. The Morgan fingerprint density at radius 3 is 2.14 bits per heavy atom. The summed E-state index contributed by atoms with van der Waals surface area (Å²) in [4.78, 5) is 27.3. The molecule has 0 saturated carbocycles. The number of likely N-dealkylation sites (N-methyl/N-ethyl adjacent to an activating group) is 1. The van der Waals surface area contributed by atoms with Gasteiger partial charge >= 0.3 is 0 Å². The molecule has 0 fully saturated rings. The second-order valence-corrected chi connectivity index (χ2v) is 5.87. The van der Waals surface area contributed by atoms with Gasteiger partial charge in [-0.1, -0.05) is 26.7 Å². The minimum atomic E-state index is -0.0242. The number of nitrogens with two attached hydrogens (primary N) is 1. The zero-order valence-electron chi connectivity index (χ0n) is 14.2. The highest BCUT2D eigenvalue weighted by Crippen LogP contribution is 2.17. The van der Waals surface area contributed by atoms with Crippen LogP contribution in [0.2, 0.25) is 0 Å². The van der Waals surface area contributed by atoms with Gasteiger partial charge in [0.2, 0.25) is 11.8 Å². The van der Waals surface area contributed by atoms with Crippen LogP contribution in [-0.2, 0) is 9.59 Å². The van der Waals surface area contributed by atoms with Crippen molar-refractivity contribution in [2.45, 2.75) is 52.4 Å². The molecule has 5 nitrogen and oxygen atoms in total. The van der Waals surface area contributed by atoms with Crippen LogP contribution in [0.5, 0.6) is 0 Å². The number of hydrogen-bond acceptors (Lipinski definition) is 3. The van der Waals surface area contributed by atoms with E-state index in [0.717, 1.165) is 32.1 Å². The third-order valence-electron chi connectivity index (χ3n) is 3.71. The standard InChI is InChI=1S/C16H33N3O2/c1-5-7-14(10-11-17)8-9-15(20)19(12-6-2)13-16(21)18(3)4/h14H,5-13,17H2,1-4H3. The fourth-order valence-electron chi connectivity index (χ4n) is 2.43. The average Bonchev–Trinajstić information content (AvgIpc) is 2.44. The van der Waals surface area contributed by atoms with E-state index in [-0.39, 0.29) is 18.4 Å². The van der Waals surface area contributed by atoms with Crippen molar-refractivity contribution in [2.24, 2.45) is 11.7 Å². The summed E-state index contributed by atoms with van der Waals surface area (Å²) in [7, 11) is 3.44. The predicted molar refractivity (Wildman–Crippen MR) is 86.9 cm³/mol. The van der Waals surface area contributed by atoms with Crippen LogP contribution in [0.3, 0.4) is 0 Å².